The molecule has 1 aliphatic heterocycles. The van der Waals surface area contributed by atoms with Gasteiger partial charge in [0, 0.05) is 14.1 Å². The van der Waals surface area contributed by atoms with Crippen LogP contribution in [0.3, 0.4) is 0 Å². The fourth-order valence-corrected chi connectivity index (χ4v) is 1.37. The molecule has 0 aromatic heterocycles. The molecule has 0 saturated carbocycles. The lowest BCUT2D eigenvalue weighted by Gasteiger charge is -2.25. The van der Waals surface area contributed by atoms with Crippen LogP contribution >= 0.6 is 12.4 Å². The summed E-state index contributed by atoms with van der Waals surface area (Å²) in [6.07, 6.45) is 3.38. The number of amides is 1. The van der Waals surface area contributed by atoms with Crippen molar-refractivity contribution >= 4 is 18.3 Å². The van der Waals surface area contributed by atoms with Gasteiger partial charge in [0.15, 0.2) is 0 Å². The highest BCUT2D eigenvalue weighted by molar-refractivity contribution is 5.85. The van der Waals surface area contributed by atoms with Crippen LogP contribution in [0, 0.1) is 0 Å². The van der Waals surface area contributed by atoms with Crippen LogP contribution in [-0.4, -0.2) is 37.5 Å². The van der Waals surface area contributed by atoms with Gasteiger partial charge in [0.05, 0.1) is 6.04 Å². The Balaban J connectivity index is 0.00000121. The standard InChI is InChI=1S/C8H16N2O.ClH/c1-10(2)8(11)7-5-3-4-6-9-7;/h7,9H,3-6H2,1-2H3;1H/t7-;/m1./s1. The Hall–Kier alpha value is -0.280. The first kappa shape index (κ1) is 11.7. The molecule has 1 fully saturated rings. The maximum Gasteiger partial charge on any atom is 0.239 e. The summed E-state index contributed by atoms with van der Waals surface area (Å²) < 4.78 is 0. The second-order valence-corrected chi connectivity index (χ2v) is 3.24. The molecule has 1 aliphatic rings. The largest absolute Gasteiger partial charge is 0.347 e. The quantitative estimate of drug-likeness (QED) is 0.662. The minimum absolute atomic E-state index is 0. The topological polar surface area (TPSA) is 32.3 Å². The maximum atomic E-state index is 11.4. The summed E-state index contributed by atoms with van der Waals surface area (Å²) in [7, 11) is 3.61. The number of hydrogen-bond acceptors (Lipinski definition) is 2. The van der Waals surface area contributed by atoms with Crippen molar-refractivity contribution in [3.63, 3.8) is 0 Å². The van der Waals surface area contributed by atoms with Crippen LogP contribution < -0.4 is 5.32 Å². The van der Waals surface area contributed by atoms with Gasteiger partial charge in [-0.3, -0.25) is 4.79 Å². The highest BCUT2D eigenvalue weighted by atomic mass is 35.5. The van der Waals surface area contributed by atoms with Crippen LogP contribution in [0.25, 0.3) is 0 Å². The van der Waals surface area contributed by atoms with Gasteiger partial charge in [-0.2, -0.15) is 0 Å². The molecule has 0 radical (unpaired) electrons. The molecule has 0 spiro atoms. The number of nitrogens with one attached hydrogen (secondary N) is 1. The van der Waals surface area contributed by atoms with E-state index in [1.165, 1.54) is 12.8 Å². The second-order valence-electron chi connectivity index (χ2n) is 3.24. The van der Waals surface area contributed by atoms with Gasteiger partial charge in [-0.25, -0.2) is 0 Å². The third-order valence-corrected chi connectivity index (χ3v) is 2.05. The minimum atomic E-state index is 0. The fraction of sp³-hybridized carbons (Fsp3) is 0.875. The van der Waals surface area contributed by atoms with E-state index in [1.807, 2.05) is 0 Å². The van der Waals surface area contributed by atoms with Crippen molar-refractivity contribution in [3.05, 3.63) is 0 Å². The van der Waals surface area contributed by atoms with E-state index in [1.54, 1.807) is 19.0 Å². The molecule has 1 amide bonds. The number of likely N-dealkylation sites (N-methyl/N-ethyl adjacent to an activating group) is 1. The Bertz CT molecular complexity index is 144. The highest BCUT2D eigenvalue weighted by Gasteiger charge is 2.21. The third-order valence-electron chi connectivity index (χ3n) is 2.05. The minimum Gasteiger partial charge on any atom is -0.347 e. The Morgan fingerprint density at radius 3 is 2.50 bits per heavy atom. The first-order valence-electron chi connectivity index (χ1n) is 4.16. The molecule has 0 bridgehead atoms. The zero-order chi connectivity index (χ0) is 8.27. The van der Waals surface area contributed by atoms with Crippen molar-refractivity contribution < 1.29 is 4.79 Å². The van der Waals surface area contributed by atoms with Crippen LogP contribution in [0.15, 0.2) is 0 Å². The van der Waals surface area contributed by atoms with E-state index in [0.29, 0.717) is 0 Å². The van der Waals surface area contributed by atoms with Gasteiger partial charge >= 0.3 is 0 Å². The smallest absolute Gasteiger partial charge is 0.239 e. The highest BCUT2D eigenvalue weighted by Crippen LogP contribution is 2.07. The molecule has 1 heterocycles. The lowest BCUT2D eigenvalue weighted by molar-refractivity contribution is -0.131. The number of hydrogen-bond donors (Lipinski definition) is 1. The van der Waals surface area contributed by atoms with Crippen LogP contribution in [-0.2, 0) is 4.79 Å². The molecular formula is C8H17ClN2O. The van der Waals surface area contributed by atoms with E-state index in [2.05, 4.69) is 5.32 Å². The van der Waals surface area contributed by atoms with E-state index in [0.717, 1.165) is 13.0 Å². The average molecular weight is 193 g/mol. The van der Waals surface area contributed by atoms with Crippen molar-refractivity contribution in [3.8, 4) is 0 Å². The van der Waals surface area contributed by atoms with Gasteiger partial charge in [-0.05, 0) is 19.4 Å². The number of halogens is 1. The zero-order valence-corrected chi connectivity index (χ0v) is 8.49. The van der Waals surface area contributed by atoms with E-state index in [-0.39, 0.29) is 24.4 Å². The normalized spacial score (nSPS) is 22.7. The molecule has 1 atom stereocenters. The molecule has 0 unspecified atom stereocenters. The molecule has 1 N–H and O–H groups in total. The predicted molar refractivity (Wildman–Crippen MR) is 51.6 cm³/mol. The summed E-state index contributed by atoms with van der Waals surface area (Å²) in [6, 6.07) is 0.0822. The molecule has 0 aliphatic carbocycles. The number of nitrogens with zero attached hydrogens (tertiary/aromatic N) is 1. The first-order valence-corrected chi connectivity index (χ1v) is 4.16. The summed E-state index contributed by atoms with van der Waals surface area (Å²) in [5.74, 6) is 0.213. The van der Waals surface area contributed by atoms with Crippen molar-refractivity contribution in [2.45, 2.75) is 25.3 Å². The van der Waals surface area contributed by atoms with E-state index in [9.17, 15) is 4.79 Å². The number of rotatable bonds is 1. The number of piperidine rings is 1. The maximum absolute atomic E-state index is 11.4. The summed E-state index contributed by atoms with van der Waals surface area (Å²) >= 11 is 0. The second kappa shape index (κ2) is 5.38. The predicted octanol–water partition coefficient (Wildman–Crippen LogP) is 0.638. The molecule has 1 saturated heterocycles. The van der Waals surface area contributed by atoms with Gasteiger partial charge < -0.3 is 10.2 Å². The van der Waals surface area contributed by atoms with Gasteiger partial charge in [-0.15, -0.1) is 12.4 Å². The van der Waals surface area contributed by atoms with Crippen molar-refractivity contribution in [1.82, 2.24) is 10.2 Å². The number of carbonyl (C=O) groups is 1. The van der Waals surface area contributed by atoms with Gasteiger partial charge in [-0.1, -0.05) is 6.42 Å². The van der Waals surface area contributed by atoms with Crippen LogP contribution in [0.4, 0.5) is 0 Å². The van der Waals surface area contributed by atoms with Gasteiger partial charge in [0.25, 0.3) is 0 Å². The van der Waals surface area contributed by atoms with Crippen LogP contribution in [0.2, 0.25) is 0 Å². The monoisotopic (exact) mass is 192 g/mol. The summed E-state index contributed by atoms with van der Waals surface area (Å²) in [5, 5.41) is 3.21. The Morgan fingerprint density at radius 1 is 1.42 bits per heavy atom. The van der Waals surface area contributed by atoms with E-state index >= 15 is 0 Å². The Labute approximate surface area is 79.9 Å². The average Bonchev–Trinajstić information content (AvgIpc) is 2.05. The SMILES string of the molecule is CN(C)C(=O)[C@H]1CCCCN1.Cl. The molecule has 3 nitrogen and oxygen atoms in total. The molecule has 12 heavy (non-hydrogen) atoms. The Morgan fingerprint density at radius 2 is 2.08 bits per heavy atom. The van der Waals surface area contributed by atoms with Crippen molar-refractivity contribution in [2.75, 3.05) is 20.6 Å². The lowest BCUT2D eigenvalue weighted by Crippen LogP contribution is -2.45. The fourth-order valence-electron chi connectivity index (χ4n) is 1.37. The zero-order valence-electron chi connectivity index (χ0n) is 7.67. The summed E-state index contributed by atoms with van der Waals surface area (Å²) in [5.41, 5.74) is 0. The number of carbonyl (C=O) groups excluding carboxylic acids is 1. The van der Waals surface area contributed by atoms with Gasteiger partial charge in [0.1, 0.15) is 0 Å². The summed E-state index contributed by atoms with van der Waals surface area (Å²) in [4.78, 5) is 13.0. The molecule has 1 rings (SSSR count). The lowest BCUT2D eigenvalue weighted by atomic mass is 10.0. The molecule has 72 valence electrons. The van der Waals surface area contributed by atoms with Crippen LogP contribution in [0.1, 0.15) is 19.3 Å². The summed E-state index contributed by atoms with van der Waals surface area (Å²) in [6.45, 7) is 0.990. The Kier molecular flexibility index (Phi) is 5.25. The van der Waals surface area contributed by atoms with Crippen molar-refractivity contribution in [2.24, 2.45) is 0 Å². The van der Waals surface area contributed by atoms with Crippen LogP contribution in [0.5, 0.6) is 0 Å². The molecular weight excluding hydrogens is 176 g/mol. The van der Waals surface area contributed by atoms with E-state index in [4.69, 9.17) is 0 Å². The van der Waals surface area contributed by atoms with Crippen molar-refractivity contribution in [1.29, 1.82) is 0 Å². The third kappa shape index (κ3) is 2.99. The molecule has 0 aromatic carbocycles. The molecule has 0 aromatic rings. The molecule has 4 heteroatoms. The van der Waals surface area contributed by atoms with E-state index < -0.39 is 0 Å². The first-order chi connectivity index (χ1) is 5.22. The van der Waals surface area contributed by atoms with Gasteiger partial charge in [0.2, 0.25) is 5.91 Å².